The predicted molar refractivity (Wildman–Crippen MR) is 76.6 cm³/mol. The van der Waals surface area contributed by atoms with Crippen molar-refractivity contribution < 1.29 is 14.4 Å². The minimum absolute atomic E-state index is 0.349. The SMILES string of the molecule is CCOC(=O)C1CC(c2cccc3ccccc23)=NO1. The average molecular weight is 269 g/mol. The summed E-state index contributed by atoms with van der Waals surface area (Å²) in [5, 5.41) is 6.32. The van der Waals surface area contributed by atoms with Crippen LogP contribution in [0.25, 0.3) is 10.8 Å². The van der Waals surface area contributed by atoms with E-state index in [0.29, 0.717) is 13.0 Å². The number of rotatable bonds is 3. The van der Waals surface area contributed by atoms with Crippen molar-refractivity contribution in [2.75, 3.05) is 6.61 Å². The number of hydrogen-bond acceptors (Lipinski definition) is 4. The summed E-state index contributed by atoms with van der Waals surface area (Å²) in [4.78, 5) is 16.9. The molecule has 0 fully saturated rings. The third-order valence-electron chi connectivity index (χ3n) is 3.32. The molecule has 0 N–H and O–H groups in total. The van der Waals surface area contributed by atoms with E-state index in [9.17, 15) is 4.79 Å². The number of hydrogen-bond donors (Lipinski definition) is 0. The second kappa shape index (κ2) is 5.33. The van der Waals surface area contributed by atoms with Crippen molar-refractivity contribution in [1.29, 1.82) is 0 Å². The summed E-state index contributed by atoms with van der Waals surface area (Å²) in [6.07, 6.45) is -0.170. The summed E-state index contributed by atoms with van der Waals surface area (Å²) >= 11 is 0. The largest absolute Gasteiger partial charge is 0.463 e. The quantitative estimate of drug-likeness (QED) is 0.805. The number of esters is 1. The molecule has 0 bridgehead atoms. The maximum Gasteiger partial charge on any atom is 0.350 e. The molecule has 20 heavy (non-hydrogen) atoms. The molecule has 1 atom stereocenters. The van der Waals surface area contributed by atoms with Crippen LogP contribution in [0.1, 0.15) is 18.9 Å². The van der Waals surface area contributed by atoms with Crippen LogP contribution >= 0.6 is 0 Å². The number of oxime groups is 1. The van der Waals surface area contributed by atoms with Gasteiger partial charge in [-0.1, -0.05) is 47.6 Å². The zero-order valence-electron chi connectivity index (χ0n) is 11.2. The summed E-state index contributed by atoms with van der Waals surface area (Å²) < 4.78 is 4.96. The third kappa shape index (κ3) is 2.25. The molecule has 0 saturated heterocycles. The fraction of sp³-hybridized carbons (Fsp3) is 0.250. The summed E-state index contributed by atoms with van der Waals surface area (Å²) in [6, 6.07) is 14.1. The fourth-order valence-corrected chi connectivity index (χ4v) is 2.38. The van der Waals surface area contributed by atoms with E-state index in [2.05, 4.69) is 17.3 Å². The van der Waals surface area contributed by atoms with Gasteiger partial charge in [-0.25, -0.2) is 4.79 Å². The Kier molecular flexibility index (Phi) is 3.37. The molecule has 0 aliphatic carbocycles. The van der Waals surface area contributed by atoms with Crippen LogP contribution in [0.2, 0.25) is 0 Å². The molecule has 0 spiro atoms. The molecule has 1 aliphatic heterocycles. The van der Waals surface area contributed by atoms with Crippen molar-refractivity contribution in [1.82, 2.24) is 0 Å². The van der Waals surface area contributed by atoms with Crippen LogP contribution < -0.4 is 0 Å². The number of fused-ring (bicyclic) bond motifs is 1. The van der Waals surface area contributed by atoms with Gasteiger partial charge in [0.1, 0.15) is 0 Å². The lowest BCUT2D eigenvalue weighted by molar-refractivity contribution is -0.154. The van der Waals surface area contributed by atoms with Crippen LogP contribution in [0.15, 0.2) is 47.6 Å². The first kappa shape index (κ1) is 12.7. The smallest absolute Gasteiger partial charge is 0.350 e. The van der Waals surface area contributed by atoms with Crippen LogP contribution in [0.3, 0.4) is 0 Å². The van der Waals surface area contributed by atoms with E-state index < -0.39 is 6.10 Å². The molecule has 1 aliphatic rings. The van der Waals surface area contributed by atoms with Crippen molar-refractivity contribution in [2.24, 2.45) is 5.16 Å². The minimum Gasteiger partial charge on any atom is -0.463 e. The highest BCUT2D eigenvalue weighted by molar-refractivity contribution is 6.12. The average Bonchev–Trinajstić information content (AvgIpc) is 2.97. The molecule has 1 unspecified atom stereocenters. The van der Waals surface area contributed by atoms with Gasteiger partial charge in [-0.15, -0.1) is 0 Å². The maximum atomic E-state index is 11.7. The van der Waals surface area contributed by atoms with E-state index in [4.69, 9.17) is 9.57 Å². The van der Waals surface area contributed by atoms with Crippen LogP contribution in [0.5, 0.6) is 0 Å². The van der Waals surface area contributed by atoms with Gasteiger partial charge in [0.05, 0.1) is 12.3 Å². The molecule has 4 nitrogen and oxygen atoms in total. The van der Waals surface area contributed by atoms with E-state index in [0.717, 1.165) is 22.0 Å². The van der Waals surface area contributed by atoms with Crippen molar-refractivity contribution in [3.8, 4) is 0 Å². The molecule has 0 aromatic heterocycles. The van der Waals surface area contributed by atoms with E-state index in [1.165, 1.54) is 0 Å². The number of carbonyl (C=O) groups excluding carboxylic acids is 1. The highest BCUT2D eigenvalue weighted by atomic mass is 16.7. The topological polar surface area (TPSA) is 47.9 Å². The molecular weight excluding hydrogens is 254 g/mol. The summed E-state index contributed by atoms with van der Waals surface area (Å²) in [6.45, 7) is 2.13. The van der Waals surface area contributed by atoms with Crippen LogP contribution in [0, 0.1) is 0 Å². The minimum atomic E-state index is -0.621. The van der Waals surface area contributed by atoms with Gasteiger partial charge in [-0.3, -0.25) is 0 Å². The normalized spacial score (nSPS) is 17.6. The van der Waals surface area contributed by atoms with Gasteiger partial charge < -0.3 is 9.57 Å². The molecule has 4 heteroatoms. The number of ether oxygens (including phenoxy) is 1. The lowest BCUT2D eigenvalue weighted by atomic mass is 9.98. The number of nitrogens with zero attached hydrogens (tertiary/aromatic N) is 1. The van der Waals surface area contributed by atoms with Gasteiger partial charge in [0, 0.05) is 12.0 Å². The molecule has 2 aromatic carbocycles. The second-order valence-corrected chi connectivity index (χ2v) is 4.61. The Morgan fingerprint density at radius 3 is 2.95 bits per heavy atom. The van der Waals surface area contributed by atoms with Crippen LogP contribution in [-0.2, 0) is 14.4 Å². The Hall–Kier alpha value is -2.36. The van der Waals surface area contributed by atoms with E-state index in [1.54, 1.807) is 6.92 Å². The highest BCUT2D eigenvalue weighted by Gasteiger charge is 2.30. The Bertz CT molecular complexity index is 673. The van der Waals surface area contributed by atoms with Crippen LogP contribution in [0.4, 0.5) is 0 Å². The van der Waals surface area contributed by atoms with Crippen molar-refractivity contribution in [2.45, 2.75) is 19.4 Å². The summed E-state index contributed by atoms with van der Waals surface area (Å²) in [7, 11) is 0. The van der Waals surface area contributed by atoms with Gasteiger partial charge in [-0.05, 0) is 17.7 Å². The molecular formula is C16H15NO3. The van der Waals surface area contributed by atoms with Crippen molar-refractivity contribution in [3.05, 3.63) is 48.0 Å². The molecule has 0 saturated carbocycles. The van der Waals surface area contributed by atoms with E-state index >= 15 is 0 Å². The fourth-order valence-electron chi connectivity index (χ4n) is 2.38. The van der Waals surface area contributed by atoms with E-state index in [-0.39, 0.29) is 5.97 Å². The van der Waals surface area contributed by atoms with Gasteiger partial charge in [0.25, 0.3) is 0 Å². The standard InChI is InChI=1S/C16H15NO3/c1-2-19-16(18)15-10-14(17-20-15)13-9-5-7-11-6-3-4-8-12(11)13/h3-9,15H,2,10H2,1H3. The monoisotopic (exact) mass is 269 g/mol. The number of carbonyl (C=O) groups is 1. The van der Waals surface area contributed by atoms with Crippen LogP contribution in [-0.4, -0.2) is 24.4 Å². The Morgan fingerprint density at radius 1 is 1.30 bits per heavy atom. The summed E-state index contributed by atoms with van der Waals surface area (Å²) in [5.41, 5.74) is 1.80. The third-order valence-corrected chi connectivity index (χ3v) is 3.32. The zero-order chi connectivity index (χ0) is 13.9. The molecule has 0 radical (unpaired) electrons. The predicted octanol–water partition coefficient (Wildman–Crippen LogP) is 2.90. The highest BCUT2D eigenvalue weighted by Crippen LogP contribution is 2.24. The molecule has 1 heterocycles. The first-order valence-electron chi connectivity index (χ1n) is 6.67. The zero-order valence-corrected chi connectivity index (χ0v) is 11.2. The Morgan fingerprint density at radius 2 is 2.10 bits per heavy atom. The van der Waals surface area contributed by atoms with Gasteiger partial charge in [-0.2, -0.15) is 0 Å². The summed E-state index contributed by atoms with van der Waals surface area (Å²) in [5.74, 6) is -0.355. The Balaban J connectivity index is 1.88. The molecule has 3 rings (SSSR count). The number of benzene rings is 2. The Labute approximate surface area is 117 Å². The van der Waals surface area contributed by atoms with Gasteiger partial charge in [0.15, 0.2) is 0 Å². The maximum absolute atomic E-state index is 11.7. The first-order valence-corrected chi connectivity index (χ1v) is 6.67. The van der Waals surface area contributed by atoms with Crippen molar-refractivity contribution >= 4 is 22.5 Å². The van der Waals surface area contributed by atoms with Crippen molar-refractivity contribution in [3.63, 3.8) is 0 Å². The lowest BCUT2D eigenvalue weighted by Crippen LogP contribution is -2.23. The molecule has 2 aromatic rings. The molecule has 0 amide bonds. The van der Waals surface area contributed by atoms with Gasteiger partial charge >= 0.3 is 5.97 Å². The van der Waals surface area contributed by atoms with Gasteiger partial charge in [0.2, 0.25) is 6.10 Å². The molecule has 102 valence electrons. The van der Waals surface area contributed by atoms with E-state index in [1.807, 2.05) is 30.3 Å². The second-order valence-electron chi connectivity index (χ2n) is 4.61. The first-order chi connectivity index (χ1) is 9.79. The lowest BCUT2D eigenvalue weighted by Gasteiger charge is -2.07.